The topological polar surface area (TPSA) is 84.3 Å². The number of nitrogens with zero attached hydrogens (tertiary/aromatic N) is 2. The fourth-order valence-electron chi connectivity index (χ4n) is 2.78. The van der Waals surface area contributed by atoms with Crippen LogP contribution in [0.3, 0.4) is 0 Å². The SMILES string of the molecule is O=C(O)c1cnc(N[C@@H]2C[C@H]3CC[C@@H]2O3)nc1C(F)(F)F. The van der Waals surface area contributed by atoms with Crippen molar-refractivity contribution in [3.05, 3.63) is 17.5 Å². The zero-order valence-corrected chi connectivity index (χ0v) is 10.7. The third-order valence-corrected chi connectivity index (χ3v) is 3.71. The zero-order chi connectivity index (χ0) is 15.2. The van der Waals surface area contributed by atoms with Gasteiger partial charge in [-0.25, -0.2) is 14.8 Å². The summed E-state index contributed by atoms with van der Waals surface area (Å²) in [5, 5.41) is 11.6. The number of hydrogen-bond acceptors (Lipinski definition) is 5. The molecule has 2 aliphatic heterocycles. The van der Waals surface area contributed by atoms with Gasteiger partial charge in [-0.05, 0) is 19.3 Å². The Kier molecular flexibility index (Phi) is 3.23. The molecule has 2 fully saturated rings. The first-order chi connectivity index (χ1) is 9.84. The van der Waals surface area contributed by atoms with Gasteiger partial charge >= 0.3 is 12.1 Å². The molecular weight excluding hydrogens is 291 g/mol. The van der Waals surface area contributed by atoms with Crippen LogP contribution in [-0.4, -0.2) is 39.3 Å². The van der Waals surface area contributed by atoms with E-state index in [1.807, 2.05) is 0 Å². The van der Waals surface area contributed by atoms with E-state index in [0.29, 0.717) is 12.6 Å². The zero-order valence-electron chi connectivity index (χ0n) is 10.7. The van der Waals surface area contributed by atoms with Gasteiger partial charge in [-0.1, -0.05) is 0 Å². The van der Waals surface area contributed by atoms with Crippen molar-refractivity contribution in [1.29, 1.82) is 0 Å². The van der Waals surface area contributed by atoms with Gasteiger partial charge in [0.05, 0.1) is 18.2 Å². The summed E-state index contributed by atoms with van der Waals surface area (Å²) in [4.78, 5) is 17.8. The summed E-state index contributed by atoms with van der Waals surface area (Å²) in [6.45, 7) is 0. The number of fused-ring (bicyclic) bond motifs is 2. The number of aromatic carboxylic acids is 1. The number of aromatic nitrogens is 2. The van der Waals surface area contributed by atoms with Crippen LogP contribution in [0.1, 0.15) is 35.3 Å². The fourth-order valence-corrected chi connectivity index (χ4v) is 2.78. The fraction of sp³-hybridized carbons (Fsp3) is 0.583. The average molecular weight is 303 g/mol. The third kappa shape index (κ3) is 2.65. The molecule has 114 valence electrons. The van der Waals surface area contributed by atoms with Gasteiger partial charge in [0.2, 0.25) is 5.95 Å². The first-order valence-electron chi connectivity index (χ1n) is 6.44. The molecule has 21 heavy (non-hydrogen) atoms. The Morgan fingerprint density at radius 3 is 2.71 bits per heavy atom. The monoisotopic (exact) mass is 303 g/mol. The van der Waals surface area contributed by atoms with Crippen LogP contribution in [0.15, 0.2) is 6.20 Å². The standard InChI is InChI=1S/C12H12F3N3O3/c13-12(14,15)9-6(10(19)20)4-16-11(18-9)17-7-3-5-1-2-8(7)21-5/h4-5,7-8H,1-3H2,(H,19,20)(H,16,17,18)/t5-,7-,8+/m1/s1. The van der Waals surface area contributed by atoms with Crippen molar-refractivity contribution in [2.75, 3.05) is 5.32 Å². The van der Waals surface area contributed by atoms with Crippen molar-refractivity contribution >= 4 is 11.9 Å². The lowest BCUT2D eigenvalue weighted by Gasteiger charge is -2.20. The Labute approximate surface area is 117 Å². The van der Waals surface area contributed by atoms with Gasteiger partial charge in [-0.3, -0.25) is 0 Å². The van der Waals surface area contributed by atoms with E-state index in [0.717, 1.165) is 12.8 Å². The maximum atomic E-state index is 12.8. The van der Waals surface area contributed by atoms with Crippen molar-refractivity contribution in [3.63, 3.8) is 0 Å². The van der Waals surface area contributed by atoms with Crippen molar-refractivity contribution in [2.45, 2.75) is 43.7 Å². The number of anilines is 1. The van der Waals surface area contributed by atoms with E-state index in [2.05, 4.69) is 15.3 Å². The molecule has 2 aliphatic rings. The van der Waals surface area contributed by atoms with Gasteiger partial charge in [-0.15, -0.1) is 0 Å². The van der Waals surface area contributed by atoms with Crippen molar-refractivity contribution in [2.24, 2.45) is 0 Å². The number of alkyl halides is 3. The van der Waals surface area contributed by atoms with Gasteiger partial charge in [-0.2, -0.15) is 13.2 Å². The number of ether oxygens (including phenoxy) is 1. The van der Waals surface area contributed by atoms with Crippen LogP contribution in [0.25, 0.3) is 0 Å². The molecule has 2 bridgehead atoms. The highest BCUT2D eigenvalue weighted by Crippen LogP contribution is 2.36. The highest BCUT2D eigenvalue weighted by atomic mass is 19.4. The van der Waals surface area contributed by atoms with Gasteiger partial charge in [0, 0.05) is 6.20 Å². The van der Waals surface area contributed by atoms with Gasteiger partial charge in [0.25, 0.3) is 0 Å². The van der Waals surface area contributed by atoms with E-state index in [-0.39, 0.29) is 24.2 Å². The molecule has 0 aromatic carbocycles. The molecule has 9 heteroatoms. The Hall–Kier alpha value is -1.90. The van der Waals surface area contributed by atoms with Crippen molar-refractivity contribution < 1.29 is 27.8 Å². The molecule has 0 amide bonds. The molecular formula is C12H12F3N3O3. The number of carbonyl (C=O) groups is 1. The lowest BCUT2D eigenvalue weighted by molar-refractivity contribution is -0.141. The summed E-state index contributed by atoms with van der Waals surface area (Å²) < 4.78 is 44.1. The minimum Gasteiger partial charge on any atom is -0.478 e. The van der Waals surface area contributed by atoms with Gasteiger partial charge in [0.1, 0.15) is 5.56 Å². The number of carboxylic acid groups (broad SMARTS) is 1. The number of carboxylic acids is 1. The van der Waals surface area contributed by atoms with E-state index in [1.54, 1.807) is 0 Å². The Bertz CT molecular complexity index is 579. The summed E-state index contributed by atoms with van der Waals surface area (Å²) in [6.07, 6.45) is -1.60. The van der Waals surface area contributed by atoms with Crippen LogP contribution in [0.4, 0.5) is 19.1 Å². The summed E-state index contributed by atoms with van der Waals surface area (Å²) >= 11 is 0. The molecule has 0 spiro atoms. The smallest absolute Gasteiger partial charge is 0.434 e. The predicted octanol–water partition coefficient (Wildman–Crippen LogP) is 1.93. The minimum atomic E-state index is -4.85. The summed E-state index contributed by atoms with van der Waals surface area (Å²) in [6, 6.07) is -0.138. The number of rotatable bonds is 3. The molecule has 0 unspecified atom stereocenters. The molecule has 1 aromatic heterocycles. The first kappa shape index (κ1) is 14.1. The second kappa shape index (κ2) is 4.83. The van der Waals surface area contributed by atoms with E-state index >= 15 is 0 Å². The summed E-state index contributed by atoms with van der Waals surface area (Å²) in [5.74, 6) is -1.94. The van der Waals surface area contributed by atoms with E-state index in [1.165, 1.54) is 0 Å². The molecule has 3 heterocycles. The predicted molar refractivity (Wildman–Crippen MR) is 63.9 cm³/mol. The number of halogens is 3. The maximum absolute atomic E-state index is 12.8. The third-order valence-electron chi connectivity index (χ3n) is 3.71. The quantitative estimate of drug-likeness (QED) is 0.887. The largest absolute Gasteiger partial charge is 0.478 e. The minimum absolute atomic E-state index is 0.0490. The van der Waals surface area contributed by atoms with E-state index in [9.17, 15) is 18.0 Å². The Morgan fingerprint density at radius 1 is 1.43 bits per heavy atom. The molecule has 3 rings (SSSR count). The molecule has 6 nitrogen and oxygen atoms in total. The number of hydrogen-bond donors (Lipinski definition) is 2. The van der Waals surface area contributed by atoms with E-state index in [4.69, 9.17) is 9.84 Å². The van der Waals surface area contributed by atoms with Gasteiger partial charge in [0.15, 0.2) is 5.69 Å². The molecule has 2 saturated heterocycles. The van der Waals surface area contributed by atoms with Crippen molar-refractivity contribution in [1.82, 2.24) is 9.97 Å². The molecule has 0 saturated carbocycles. The average Bonchev–Trinajstić information content (AvgIpc) is 2.99. The van der Waals surface area contributed by atoms with E-state index < -0.39 is 23.4 Å². The van der Waals surface area contributed by atoms with Crippen LogP contribution < -0.4 is 5.32 Å². The van der Waals surface area contributed by atoms with Crippen LogP contribution in [0, 0.1) is 0 Å². The second-order valence-electron chi connectivity index (χ2n) is 5.12. The lowest BCUT2D eigenvalue weighted by Crippen LogP contribution is -2.31. The van der Waals surface area contributed by atoms with Crippen LogP contribution in [0.2, 0.25) is 0 Å². The number of nitrogens with one attached hydrogen (secondary N) is 1. The lowest BCUT2D eigenvalue weighted by atomic mass is 9.96. The van der Waals surface area contributed by atoms with Crippen LogP contribution >= 0.6 is 0 Å². The maximum Gasteiger partial charge on any atom is 0.434 e. The first-order valence-corrected chi connectivity index (χ1v) is 6.44. The molecule has 0 aliphatic carbocycles. The molecule has 2 N–H and O–H groups in total. The highest BCUT2D eigenvalue weighted by Gasteiger charge is 2.42. The molecule has 3 atom stereocenters. The van der Waals surface area contributed by atoms with Gasteiger partial charge < -0.3 is 15.2 Å². The molecule has 0 radical (unpaired) electrons. The van der Waals surface area contributed by atoms with Crippen LogP contribution in [0.5, 0.6) is 0 Å². The Balaban J connectivity index is 1.85. The highest BCUT2D eigenvalue weighted by molar-refractivity contribution is 5.88. The Morgan fingerprint density at radius 2 is 2.19 bits per heavy atom. The second-order valence-corrected chi connectivity index (χ2v) is 5.12. The normalized spacial score (nSPS) is 27.9. The summed E-state index contributed by atoms with van der Waals surface area (Å²) in [5.41, 5.74) is -2.41. The van der Waals surface area contributed by atoms with Crippen molar-refractivity contribution in [3.8, 4) is 0 Å². The van der Waals surface area contributed by atoms with Crippen LogP contribution in [-0.2, 0) is 10.9 Å². The molecule has 1 aromatic rings. The summed E-state index contributed by atoms with van der Waals surface area (Å²) in [7, 11) is 0.